The van der Waals surface area contributed by atoms with E-state index in [2.05, 4.69) is 15.4 Å². The van der Waals surface area contributed by atoms with E-state index in [0.29, 0.717) is 11.3 Å². The van der Waals surface area contributed by atoms with Crippen LogP contribution in [0.4, 0.5) is 14.5 Å². The molecular formula is C16H14F2N2O3S. The number of hydrogen-bond acceptors (Lipinski definition) is 4. The van der Waals surface area contributed by atoms with Gasteiger partial charge in [-0.15, -0.1) is 0 Å². The van der Waals surface area contributed by atoms with Crippen LogP contribution in [0.1, 0.15) is 10.4 Å². The fourth-order valence-corrected chi connectivity index (χ4v) is 2.06. The highest BCUT2D eigenvalue weighted by Crippen LogP contribution is 2.25. The van der Waals surface area contributed by atoms with Gasteiger partial charge < -0.3 is 14.8 Å². The number of anilines is 1. The van der Waals surface area contributed by atoms with Gasteiger partial charge in [-0.2, -0.15) is 8.78 Å². The Labute approximate surface area is 142 Å². The summed E-state index contributed by atoms with van der Waals surface area (Å²) >= 11 is 5.03. The lowest BCUT2D eigenvalue weighted by Gasteiger charge is -2.14. The van der Waals surface area contributed by atoms with E-state index in [0.717, 1.165) is 0 Å². The van der Waals surface area contributed by atoms with Crippen LogP contribution >= 0.6 is 12.2 Å². The molecule has 0 aliphatic rings. The Hall–Kier alpha value is -2.74. The van der Waals surface area contributed by atoms with Crippen molar-refractivity contribution in [1.29, 1.82) is 0 Å². The molecule has 0 heterocycles. The molecule has 0 bridgehead atoms. The highest BCUT2D eigenvalue weighted by molar-refractivity contribution is 7.80. The quantitative estimate of drug-likeness (QED) is 0.808. The van der Waals surface area contributed by atoms with Gasteiger partial charge in [0.1, 0.15) is 11.5 Å². The Bertz CT molecular complexity index is 741. The molecule has 8 heteroatoms. The first kappa shape index (κ1) is 17.6. The minimum absolute atomic E-state index is 0.0480. The van der Waals surface area contributed by atoms with Crippen LogP contribution in [-0.2, 0) is 0 Å². The number of rotatable bonds is 5. The Morgan fingerprint density at radius 3 is 2.62 bits per heavy atom. The fraction of sp³-hybridized carbons (Fsp3) is 0.125. The summed E-state index contributed by atoms with van der Waals surface area (Å²) in [6, 6.07) is 12.5. The van der Waals surface area contributed by atoms with Gasteiger partial charge in [0.2, 0.25) is 0 Å². The lowest BCUT2D eigenvalue weighted by Crippen LogP contribution is -2.34. The Kier molecular flexibility index (Phi) is 6.02. The molecule has 5 nitrogen and oxygen atoms in total. The molecule has 0 aliphatic heterocycles. The fourth-order valence-electron chi connectivity index (χ4n) is 1.86. The van der Waals surface area contributed by atoms with E-state index in [1.165, 1.54) is 19.2 Å². The smallest absolute Gasteiger partial charge is 0.387 e. The third-order valence-corrected chi connectivity index (χ3v) is 3.11. The molecule has 0 spiro atoms. The molecule has 0 atom stereocenters. The van der Waals surface area contributed by atoms with Crippen molar-refractivity contribution in [2.75, 3.05) is 12.4 Å². The number of para-hydroxylation sites is 2. The molecule has 0 saturated heterocycles. The maximum absolute atomic E-state index is 12.4. The van der Waals surface area contributed by atoms with E-state index in [4.69, 9.17) is 17.0 Å². The van der Waals surface area contributed by atoms with Gasteiger partial charge in [-0.1, -0.05) is 18.2 Å². The molecule has 2 aromatic carbocycles. The molecule has 0 saturated carbocycles. The van der Waals surface area contributed by atoms with Gasteiger partial charge in [0.15, 0.2) is 5.11 Å². The average Bonchev–Trinajstić information content (AvgIpc) is 2.56. The van der Waals surface area contributed by atoms with Crippen LogP contribution in [0.2, 0.25) is 0 Å². The van der Waals surface area contributed by atoms with Crippen LogP contribution in [0.3, 0.4) is 0 Å². The van der Waals surface area contributed by atoms with Gasteiger partial charge in [-0.3, -0.25) is 10.1 Å². The first-order chi connectivity index (χ1) is 11.5. The van der Waals surface area contributed by atoms with E-state index in [9.17, 15) is 13.6 Å². The summed E-state index contributed by atoms with van der Waals surface area (Å²) in [6.45, 7) is -2.96. The number of alkyl halides is 2. The summed E-state index contributed by atoms with van der Waals surface area (Å²) in [7, 11) is 1.49. The van der Waals surface area contributed by atoms with Crippen LogP contribution in [0.25, 0.3) is 0 Å². The van der Waals surface area contributed by atoms with Gasteiger partial charge in [-0.25, -0.2) is 0 Å². The highest BCUT2D eigenvalue weighted by atomic mass is 32.1. The van der Waals surface area contributed by atoms with Crippen molar-refractivity contribution in [2.45, 2.75) is 6.61 Å². The third kappa shape index (κ3) is 4.88. The summed E-state index contributed by atoms with van der Waals surface area (Å²) in [4.78, 5) is 12.1. The first-order valence-corrected chi connectivity index (χ1v) is 7.20. The lowest BCUT2D eigenvalue weighted by molar-refractivity contribution is -0.0493. The van der Waals surface area contributed by atoms with Crippen molar-refractivity contribution in [2.24, 2.45) is 0 Å². The van der Waals surface area contributed by atoms with Crippen LogP contribution < -0.4 is 20.1 Å². The number of carbonyl (C=O) groups excluding carboxylic acids is 1. The molecule has 126 valence electrons. The van der Waals surface area contributed by atoms with Crippen molar-refractivity contribution < 1.29 is 23.0 Å². The summed E-state index contributed by atoms with van der Waals surface area (Å²) in [5.74, 6) is -0.0126. The summed E-state index contributed by atoms with van der Waals surface area (Å²) in [5, 5.41) is 5.07. The van der Waals surface area contributed by atoms with Gasteiger partial charge in [0.25, 0.3) is 5.91 Å². The van der Waals surface area contributed by atoms with Crippen LogP contribution in [0.5, 0.6) is 11.5 Å². The molecule has 2 aromatic rings. The molecule has 24 heavy (non-hydrogen) atoms. The van der Waals surface area contributed by atoms with Crippen molar-refractivity contribution >= 4 is 28.9 Å². The normalized spacial score (nSPS) is 10.2. The zero-order valence-corrected chi connectivity index (χ0v) is 13.4. The van der Waals surface area contributed by atoms with Gasteiger partial charge in [-0.05, 0) is 42.5 Å². The minimum atomic E-state index is -2.96. The second-order valence-electron chi connectivity index (χ2n) is 4.51. The number of carbonyl (C=O) groups is 1. The zero-order chi connectivity index (χ0) is 17.5. The maximum atomic E-state index is 12.4. The second kappa shape index (κ2) is 8.21. The summed E-state index contributed by atoms with van der Waals surface area (Å²) < 4.78 is 34.2. The first-order valence-electron chi connectivity index (χ1n) is 6.80. The molecule has 0 aromatic heterocycles. The predicted octanol–water partition coefficient (Wildman–Crippen LogP) is 3.42. The molecule has 0 radical (unpaired) electrons. The maximum Gasteiger partial charge on any atom is 0.387 e. The van der Waals surface area contributed by atoms with E-state index >= 15 is 0 Å². The summed E-state index contributed by atoms with van der Waals surface area (Å²) in [6.07, 6.45) is 0. The van der Waals surface area contributed by atoms with Crippen LogP contribution in [0.15, 0.2) is 48.5 Å². The Balaban J connectivity index is 2.04. The second-order valence-corrected chi connectivity index (χ2v) is 4.92. The Morgan fingerprint density at radius 1 is 1.17 bits per heavy atom. The van der Waals surface area contributed by atoms with Crippen molar-refractivity contribution in [1.82, 2.24) is 5.32 Å². The lowest BCUT2D eigenvalue weighted by atomic mass is 10.2. The number of halogens is 2. The number of hydrogen-bond donors (Lipinski definition) is 2. The number of thiocarbonyl (C=S) groups is 1. The molecule has 0 fully saturated rings. The standard InChI is InChI=1S/C16H14F2N2O3S/c1-22-11-6-4-5-10(9-11)14(21)20-16(24)19-12-7-2-3-8-13(12)23-15(17)18/h2-9,15H,1H3,(H2,19,20,21,24). The van der Waals surface area contributed by atoms with Gasteiger partial charge in [0.05, 0.1) is 12.8 Å². The number of amides is 1. The SMILES string of the molecule is COc1cccc(C(=O)NC(=S)Nc2ccccc2OC(F)F)c1. The number of benzene rings is 2. The minimum Gasteiger partial charge on any atom is -0.497 e. The third-order valence-electron chi connectivity index (χ3n) is 2.91. The molecule has 1 amide bonds. The molecule has 0 unspecified atom stereocenters. The van der Waals surface area contributed by atoms with Crippen molar-refractivity contribution in [3.63, 3.8) is 0 Å². The van der Waals surface area contributed by atoms with E-state index in [1.807, 2.05) is 0 Å². The number of ether oxygens (including phenoxy) is 2. The van der Waals surface area contributed by atoms with Gasteiger partial charge >= 0.3 is 6.61 Å². The number of methoxy groups -OCH3 is 1. The molecular weight excluding hydrogens is 338 g/mol. The Morgan fingerprint density at radius 2 is 1.92 bits per heavy atom. The average molecular weight is 352 g/mol. The molecule has 0 aliphatic carbocycles. The van der Waals surface area contributed by atoms with E-state index in [-0.39, 0.29) is 16.5 Å². The molecule has 2 N–H and O–H groups in total. The zero-order valence-electron chi connectivity index (χ0n) is 12.6. The van der Waals surface area contributed by atoms with Crippen LogP contribution in [-0.4, -0.2) is 24.7 Å². The highest BCUT2D eigenvalue weighted by Gasteiger charge is 2.12. The largest absolute Gasteiger partial charge is 0.497 e. The van der Waals surface area contributed by atoms with Crippen molar-refractivity contribution in [3.05, 3.63) is 54.1 Å². The van der Waals surface area contributed by atoms with E-state index in [1.54, 1.807) is 36.4 Å². The molecule has 2 rings (SSSR count). The predicted molar refractivity (Wildman–Crippen MR) is 89.8 cm³/mol. The monoisotopic (exact) mass is 352 g/mol. The topological polar surface area (TPSA) is 59.6 Å². The van der Waals surface area contributed by atoms with Gasteiger partial charge in [0, 0.05) is 5.56 Å². The van der Waals surface area contributed by atoms with E-state index < -0.39 is 12.5 Å². The van der Waals surface area contributed by atoms with Crippen molar-refractivity contribution in [3.8, 4) is 11.5 Å². The van der Waals surface area contributed by atoms with Crippen LogP contribution in [0, 0.1) is 0 Å². The number of nitrogens with one attached hydrogen (secondary N) is 2. The summed E-state index contributed by atoms with van der Waals surface area (Å²) in [5.41, 5.74) is 0.560.